The Morgan fingerprint density at radius 3 is 2.41 bits per heavy atom. The molecule has 0 aliphatic heterocycles. The Morgan fingerprint density at radius 2 is 1.94 bits per heavy atom. The summed E-state index contributed by atoms with van der Waals surface area (Å²) in [5.74, 6) is 0. The molecule has 17 heavy (non-hydrogen) atoms. The van der Waals surface area contributed by atoms with Crippen LogP contribution in [0, 0.1) is 0 Å². The summed E-state index contributed by atoms with van der Waals surface area (Å²) < 4.78 is 37.9. The van der Waals surface area contributed by atoms with Crippen molar-refractivity contribution in [1.82, 2.24) is 4.90 Å². The SMILES string of the molecule is CCN(Cc1ccccc1C(F)(F)F)C(=O)O. The van der Waals surface area contributed by atoms with E-state index in [0.29, 0.717) is 0 Å². The highest BCUT2D eigenvalue weighted by atomic mass is 19.4. The normalized spacial score (nSPS) is 11.3. The van der Waals surface area contributed by atoms with E-state index in [0.717, 1.165) is 11.0 Å². The summed E-state index contributed by atoms with van der Waals surface area (Å²) >= 11 is 0. The summed E-state index contributed by atoms with van der Waals surface area (Å²) in [6.07, 6.45) is -5.70. The van der Waals surface area contributed by atoms with Crippen LogP contribution in [0.25, 0.3) is 0 Å². The second-order valence-electron chi connectivity index (χ2n) is 3.45. The van der Waals surface area contributed by atoms with Crippen LogP contribution >= 0.6 is 0 Å². The van der Waals surface area contributed by atoms with Gasteiger partial charge >= 0.3 is 12.3 Å². The zero-order valence-corrected chi connectivity index (χ0v) is 9.16. The van der Waals surface area contributed by atoms with Crippen molar-refractivity contribution in [3.8, 4) is 0 Å². The average Bonchev–Trinajstić information content (AvgIpc) is 2.24. The van der Waals surface area contributed by atoms with Crippen molar-refractivity contribution in [1.29, 1.82) is 0 Å². The molecule has 0 saturated carbocycles. The molecule has 0 saturated heterocycles. The molecule has 0 fully saturated rings. The third-order valence-corrected chi connectivity index (χ3v) is 2.34. The fraction of sp³-hybridized carbons (Fsp3) is 0.364. The standard InChI is InChI=1S/C11H12F3NO2/c1-2-15(10(16)17)7-8-5-3-4-6-9(8)11(12,13)14/h3-6H,2,7H2,1H3,(H,16,17). The minimum absolute atomic E-state index is 0.0377. The first-order chi connectivity index (χ1) is 7.86. The molecule has 1 rings (SSSR count). The van der Waals surface area contributed by atoms with E-state index in [1.165, 1.54) is 18.2 Å². The predicted molar refractivity (Wildman–Crippen MR) is 55.6 cm³/mol. The van der Waals surface area contributed by atoms with E-state index in [1.807, 2.05) is 0 Å². The molecule has 0 radical (unpaired) electrons. The number of carbonyl (C=O) groups is 1. The molecule has 0 aliphatic carbocycles. The molecule has 1 aromatic carbocycles. The Hall–Kier alpha value is -1.72. The quantitative estimate of drug-likeness (QED) is 0.890. The Kier molecular flexibility index (Phi) is 3.98. The van der Waals surface area contributed by atoms with E-state index in [4.69, 9.17) is 5.11 Å². The third kappa shape index (κ3) is 3.37. The van der Waals surface area contributed by atoms with E-state index < -0.39 is 17.8 Å². The van der Waals surface area contributed by atoms with Gasteiger partial charge in [0.25, 0.3) is 0 Å². The van der Waals surface area contributed by atoms with Gasteiger partial charge in [0, 0.05) is 13.1 Å². The zero-order chi connectivity index (χ0) is 13.1. The molecule has 6 heteroatoms. The maximum Gasteiger partial charge on any atom is 0.416 e. The minimum atomic E-state index is -4.46. The van der Waals surface area contributed by atoms with Crippen molar-refractivity contribution < 1.29 is 23.1 Å². The number of nitrogens with zero attached hydrogens (tertiary/aromatic N) is 1. The Balaban J connectivity index is 3.02. The molecule has 0 atom stereocenters. The largest absolute Gasteiger partial charge is 0.465 e. The van der Waals surface area contributed by atoms with E-state index in [1.54, 1.807) is 6.92 Å². The Bertz CT molecular complexity index is 404. The van der Waals surface area contributed by atoms with Gasteiger partial charge in [-0.1, -0.05) is 18.2 Å². The monoisotopic (exact) mass is 247 g/mol. The molecule has 0 aromatic heterocycles. The smallest absolute Gasteiger partial charge is 0.416 e. The number of halogens is 3. The lowest BCUT2D eigenvalue weighted by molar-refractivity contribution is -0.138. The minimum Gasteiger partial charge on any atom is -0.465 e. The van der Waals surface area contributed by atoms with Gasteiger partial charge in [-0.3, -0.25) is 0 Å². The number of alkyl halides is 3. The fourth-order valence-electron chi connectivity index (χ4n) is 1.46. The molecule has 0 spiro atoms. The topological polar surface area (TPSA) is 40.5 Å². The lowest BCUT2D eigenvalue weighted by atomic mass is 10.1. The molecule has 0 bridgehead atoms. The molecule has 1 N–H and O–H groups in total. The predicted octanol–water partition coefficient (Wildman–Crippen LogP) is 3.21. The molecule has 1 amide bonds. The van der Waals surface area contributed by atoms with Crippen LogP contribution in [0.2, 0.25) is 0 Å². The van der Waals surface area contributed by atoms with Crippen molar-refractivity contribution in [3.05, 3.63) is 35.4 Å². The second-order valence-corrected chi connectivity index (χ2v) is 3.45. The lowest BCUT2D eigenvalue weighted by Crippen LogP contribution is -2.29. The Morgan fingerprint density at radius 1 is 1.35 bits per heavy atom. The van der Waals surface area contributed by atoms with E-state index in [-0.39, 0.29) is 18.7 Å². The van der Waals surface area contributed by atoms with Gasteiger partial charge in [-0.05, 0) is 18.6 Å². The van der Waals surface area contributed by atoms with Crippen LogP contribution in [-0.2, 0) is 12.7 Å². The number of hydrogen-bond donors (Lipinski definition) is 1. The van der Waals surface area contributed by atoms with E-state index in [2.05, 4.69) is 0 Å². The molecule has 3 nitrogen and oxygen atoms in total. The molecular formula is C11H12F3NO2. The highest BCUT2D eigenvalue weighted by Gasteiger charge is 2.33. The van der Waals surface area contributed by atoms with Crippen molar-refractivity contribution in [2.75, 3.05) is 6.54 Å². The van der Waals surface area contributed by atoms with E-state index >= 15 is 0 Å². The number of amides is 1. The number of hydrogen-bond acceptors (Lipinski definition) is 1. The maximum atomic E-state index is 12.6. The molecule has 94 valence electrons. The lowest BCUT2D eigenvalue weighted by Gasteiger charge is -2.19. The van der Waals surface area contributed by atoms with E-state index in [9.17, 15) is 18.0 Å². The van der Waals surface area contributed by atoms with Crippen LogP contribution in [0.3, 0.4) is 0 Å². The van der Waals surface area contributed by atoms with Crippen molar-refractivity contribution in [2.45, 2.75) is 19.6 Å². The number of rotatable bonds is 3. The summed E-state index contributed by atoms with van der Waals surface area (Å²) in [6.45, 7) is 1.45. The maximum absolute atomic E-state index is 12.6. The summed E-state index contributed by atoms with van der Waals surface area (Å²) in [6, 6.07) is 4.98. The van der Waals surface area contributed by atoms with Crippen LogP contribution in [-0.4, -0.2) is 22.6 Å². The zero-order valence-electron chi connectivity index (χ0n) is 9.16. The third-order valence-electron chi connectivity index (χ3n) is 2.34. The van der Waals surface area contributed by atoms with Crippen LogP contribution < -0.4 is 0 Å². The first-order valence-corrected chi connectivity index (χ1v) is 4.99. The van der Waals surface area contributed by atoms with Gasteiger partial charge in [-0.2, -0.15) is 13.2 Å². The van der Waals surface area contributed by atoms with Crippen LogP contribution in [0.1, 0.15) is 18.1 Å². The second kappa shape index (κ2) is 5.07. The molecule has 0 unspecified atom stereocenters. The van der Waals surface area contributed by atoms with Gasteiger partial charge in [0.2, 0.25) is 0 Å². The molecule has 1 aromatic rings. The van der Waals surface area contributed by atoms with Crippen LogP contribution in [0.4, 0.5) is 18.0 Å². The van der Waals surface area contributed by atoms with Crippen molar-refractivity contribution >= 4 is 6.09 Å². The average molecular weight is 247 g/mol. The van der Waals surface area contributed by atoms with Gasteiger partial charge in [0.15, 0.2) is 0 Å². The summed E-state index contributed by atoms with van der Waals surface area (Å²) in [5, 5.41) is 8.77. The van der Waals surface area contributed by atoms with Gasteiger partial charge in [-0.15, -0.1) is 0 Å². The van der Waals surface area contributed by atoms with Crippen molar-refractivity contribution in [2.24, 2.45) is 0 Å². The highest BCUT2D eigenvalue weighted by molar-refractivity contribution is 5.65. The molecule has 0 aliphatic rings. The van der Waals surface area contributed by atoms with Gasteiger partial charge < -0.3 is 10.0 Å². The number of benzene rings is 1. The Labute approximate surface area is 96.5 Å². The van der Waals surface area contributed by atoms with Crippen molar-refractivity contribution in [3.63, 3.8) is 0 Å². The number of carboxylic acid groups (broad SMARTS) is 1. The summed E-state index contributed by atoms with van der Waals surface area (Å²) in [7, 11) is 0. The first-order valence-electron chi connectivity index (χ1n) is 4.99. The molecule has 0 heterocycles. The molecular weight excluding hydrogens is 235 g/mol. The van der Waals surface area contributed by atoms with Gasteiger partial charge in [0.05, 0.1) is 5.56 Å². The fourth-order valence-corrected chi connectivity index (χ4v) is 1.46. The van der Waals surface area contributed by atoms with Crippen LogP contribution in [0.5, 0.6) is 0 Å². The summed E-state index contributed by atoms with van der Waals surface area (Å²) in [4.78, 5) is 11.7. The highest BCUT2D eigenvalue weighted by Crippen LogP contribution is 2.32. The summed E-state index contributed by atoms with van der Waals surface area (Å²) in [5.41, 5.74) is -0.830. The van der Waals surface area contributed by atoms with Crippen LogP contribution in [0.15, 0.2) is 24.3 Å². The van der Waals surface area contributed by atoms with Gasteiger partial charge in [-0.25, -0.2) is 4.79 Å². The first kappa shape index (κ1) is 13.3. The van der Waals surface area contributed by atoms with Gasteiger partial charge in [0.1, 0.15) is 0 Å².